The molecule has 17 heavy (non-hydrogen) atoms. The molecule has 0 saturated carbocycles. The first-order valence-electron chi connectivity index (χ1n) is 5.76. The van der Waals surface area contributed by atoms with E-state index in [2.05, 4.69) is 26.1 Å². The number of amides is 1. The van der Waals surface area contributed by atoms with Gasteiger partial charge in [-0.25, -0.2) is 0 Å². The highest BCUT2D eigenvalue weighted by Crippen LogP contribution is 2.25. The molecule has 0 aromatic carbocycles. The molecule has 0 saturated heterocycles. The summed E-state index contributed by atoms with van der Waals surface area (Å²) in [5, 5.41) is 2.47. The lowest BCUT2D eigenvalue weighted by atomic mass is 9.85. The van der Waals surface area contributed by atoms with Gasteiger partial charge in [0.2, 0.25) is 0 Å². The van der Waals surface area contributed by atoms with Crippen LogP contribution in [0.3, 0.4) is 0 Å². The zero-order valence-corrected chi connectivity index (χ0v) is 11.1. The Labute approximate surface area is 102 Å². The second-order valence-electron chi connectivity index (χ2n) is 4.86. The molecule has 0 radical (unpaired) electrons. The lowest BCUT2D eigenvalue weighted by Crippen LogP contribution is -2.30. The summed E-state index contributed by atoms with van der Waals surface area (Å²) < 4.78 is 1.86. The number of rotatable bonds is 3. The highest BCUT2D eigenvalue weighted by Gasteiger charge is 2.22. The van der Waals surface area contributed by atoms with Crippen LogP contribution >= 0.6 is 0 Å². The molecule has 0 aliphatic rings. The molecule has 1 aromatic heterocycles. The topological polar surface area (TPSA) is 51.1 Å². The first kappa shape index (κ1) is 13.5. The number of aryl methyl sites for hydroxylation is 1. The van der Waals surface area contributed by atoms with Gasteiger partial charge in [-0.3, -0.25) is 9.59 Å². The summed E-state index contributed by atoms with van der Waals surface area (Å²) in [5.74, 6) is -0.341. The molecule has 94 valence electrons. The molecule has 4 heteroatoms. The Morgan fingerprint density at radius 1 is 1.47 bits per heavy atom. The first-order chi connectivity index (χ1) is 7.83. The van der Waals surface area contributed by atoms with Crippen LogP contribution in [0.15, 0.2) is 17.1 Å². The van der Waals surface area contributed by atoms with Gasteiger partial charge in [-0.05, 0) is 6.42 Å². The van der Waals surface area contributed by atoms with E-state index in [9.17, 15) is 9.59 Å². The van der Waals surface area contributed by atoms with Crippen molar-refractivity contribution in [3.63, 3.8) is 0 Å². The molecule has 0 aliphatic heterocycles. The van der Waals surface area contributed by atoms with E-state index in [0.717, 1.165) is 12.1 Å². The van der Waals surface area contributed by atoms with E-state index in [4.69, 9.17) is 0 Å². The van der Waals surface area contributed by atoms with Gasteiger partial charge in [0.1, 0.15) is 5.56 Å². The highest BCUT2D eigenvalue weighted by atomic mass is 16.2. The zero-order valence-electron chi connectivity index (χ0n) is 11.1. The fraction of sp³-hybridized carbons (Fsp3) is 0.538. The van der Waals surface area contributed by atoms with Crippen LogP contribution in [0.4, 0.5) is 0 Å². The number of nitrogens with zero attached hydrogens (tertiary/aromatic N) is 1. The molecular formula is C13H20N2O2. The van der Waals surface area contributed by atoms with E-state index in [1.54, 1.807) is 12.3 Å². The molecule has 0 spiro atoms. The van der Waals surface area contributed by atoms with Crippen LogP contribution in [0.25, 0.3) is 0 Å². The van der Waals surface area contributed by atoms with Crippen molar-refractivity contribution < 1.29 is 4.79 Å². The number of pyridine rings is 1. The van der Waals surface area contributed by atoms with E-state index in [0.29, 0.717) is 0 Å². The summed E-state index contributed by atoms with van der Waals surface area (Å²) in [4.78, 5) is 23.4. The van der Waals surface area contributed by atoms with Crippen LogP contribution in [0.1, 0.15) is 43.2 Å². The third-order valence-electron chi connectivity index (χ3n) is 3.28. The van der Waals surface area contributed by atoms with Crippen molar-refractivity contribution in [2.75, 3.05) is 7.05 Å². The van der Waals surface area contributed by atoms with Crippen molar-refractivity contribution >= 4 is 5.91 Å². The van der Waals surface area contributed by atoms with Gasteiger partial charge in [0.15, 0.2) is 5.43 Å². The molecule has 0 bridgehead atoms. The third kappa shape index (κ3) is 2.57. The first-order valence-corrected chi connectivity index (χ1v) is 5.76. The Morgan fingerprint density at radius 3 is 2.53 bits per heavy atom. The van der Waals surface area contributed by atoms with Crippen LogP contribution < -0.4 is 10.7 Å². The highest BCUT2D eigenvalue weighted by molar-refractivity contribution is 5.93. The number of carbonyl (C=O) groups is 1. The standard InChI is InChI=1S/C13H20N2O2/c1-6-13(2,3)11-7-10(16)9(8-15(11)5)12(17)14-4/h7-8H,6H2,1-5H3,(H,14,17). The van der Waals surface area contributed by atoms with E-state index < -0.39 is 0 Å². The van der Waals surface area contributed by atoms with Crippen LogP contribution in [0.5, 0.6) is 0 Å². The second kappa shape index (κ2) is 4.73. The van der Waals surface area contributed by atoms with E-state index >= 15 is 0 Å². The number of aromatic nitrogens is 1. The Hall–Kier alpha value is -1.58. The number of carbonyl (C=O) groups excluding carboxylic acids is 1. The van der Waals surface area contributed by atoms with Crippen molar-refractivity contribution in [3.8, 4) is 0 Å². The predicted molar refractivity (Wildman–Crippen MR) is 68.4 cm³/mol. The molecule has 0 aliphatic carbocycles. The average Bonchev–Trinajstić information content (AvgIpc) is 2.30. The van der Waals surface area contributed by atoms with E-state index in [1.165, 1.54) is 7.05 Å². The largest absolute Gasteiger partial charge is 0.355 e. The fourth-order valence-electron chi connectivity index (χ4n) is 1.79. The maximum absolute atomic E-state index is 11.9. The third-order valence-corrected chi connectivity index (χ3v) is 3.28. The van der Waals surface area contributed by atoms with Crippen molar-refractivity contribution in [2.24, 2.45) is 7.05 Å². The Bertz CT molecular complexity index is 487. The monoisotopic (exact) mass is 236 g/mol. The molecule has 4 nitrogen and oxygen atoms in total. The summed E-state index contributed by atoms with van der Waals surface area (Å²) in [6.45, 7) is 6.25. The lowest BCUT2D eigenvalue weighted by molar-refractivity contribution is 0.0961. The molecule has 1 N–H and O–H groups in total. The summed E-state index contributed by atoms with van der Waals surface area (Å²) in [7, 11) is 3.38. The average molecular weight is 236 g/mol. The minimum Gasteiger partial charge on any atom is -0.355 e. The van der Waals surface area contributed by atoms with Crippen molar-refractivity contribution in [3.05, 3.63) is 33.7 Å². The van der Waals surface area contributed by atoms with Gasteiger partial charge < -0.3 is 9.88 Å². The SMILES string of the molecule is CCC(C)(C)c1cc(=O)c(C(=O)NC)cn1C. The molecule has 1 rings (SSSR count). The maximum atomic E-state index is 11.9. The molecule has 1 amide bonds. The van der Waals surface area contributed by atoms with Crippen molar-refractivity contribution in [2.45, 2.75) is 32.6 Å². The summed E-state index contributed by atoms with van der Waals surface area (Å²) >= 11 is 0. The van der Waals surface area contributed by atoms with Gasteiger partial charge in [-0.2, -0.15) is 0 Å². The van der Waals surface area contributed by atoms with E-state index in [-0.39, 0.29) is 22.3 Å². The minimum absolute atomic E-state index is 0.0743. The molecular weight excluding hydrogens is 216 g/mol. The Morgan fingerprint density at radius 2 is 2.06 bits per heavy atom. The maximum Gasteiger partial charge on any atom is 0.256 e. The normalized spacial score (nSPS) is 11.4. The molecule has 0 atom stereocenters. The Balaban J connectivity index is 3.38. The number of nitrogens with one attached hydrogen (secondary N) is 1. The second-order valence-corrected chi connectivity index (χ2v) is 4.86. The molecule has 1 aromatic rings. The lowest BCUT2D eigenvalue weighted by Gasteiger charge is -2.26. The number of hydrogen-bond acceptors (Lipinski definition) is 2. The minimum atomic E-state index is -0.341. The van der Waals surface area contributed by atoms with E-state index in [1.807, 2.05) is 11.6 Å². The van der Waals surface area contributed by atoms with Gasteiger partial charge in [0, 0.05) is 37.5 Å². The van der Waals surface area contributed by atoms with Gasteiger partial charge in [-0.15, -0.1) is 0 Å². The number of hydrogen-bond donors (Lipinski definition) is 1. The summed E-state index contributed by atoms with van der Waals surface area (Å²) in [5.41, 5.74) is 0.831. The molecule has 0 fully saturated rings. The van der Waals surface area contributed by atoms with Crippen LogP contribution in [-0.4, -0.2) is 17.5 Å². The van der Waals surface area contributed by atoms with Gasteiger partial charge in [0.25, 0.3) is 5.91 Å². The predicted octanol–water partition coefficient (Wildman–Crippen LogP) is 1.43. The van der Waals surface area contributed by atoms with Gasteiger partial charge >= 0.3 is 0 Å². The fourth-order valence-corrected chi connectivity index (χ4v) is 1.79. The van der Waals surface area contributed by atoms with Crippen molar-refractivity contribution in [1.29, 1.82) is 0 Å². The van der Waals surface area contributed by atoms with Crippen molar-refractivity contribution in [1.82, 2.24) is 9.88 Å². The summed E-state index contributed by atoms with van der Waals surface area (Å²) in [6, 6.07) is 1.56. The van der Waals surface area contributed by atoms with Gasteiger partial charge in [0.05, 0.1) is 0 Å². The zero-order chi connectivity index (χ0) is 13.2. The smallest absolute Gasteiger partial charge is 0.256 e. The van der Waals surface area contributed by atoms with Crippen LogP contribution in [0, 0.1) is 0 Å². The van der Waals surface area contributed by atoms with Gasteiger partial charge in [-0.1, -0.05) is 20.8 Å². The molecule has 1 heterocycles. The quantitative estimate of drug-likeness (QED) is 0.863. The Kier molecular flexibility index (Phi) is 3.76. The molecule has 0 unspecified atom stereocenters. The van der Waals surface area contributed by atoms with Crippen LogP contribution in [-0.2, 0) is 12.5 Å². The van der Waals surface area contributed by atoms with Crippen LogP contribution in [0.2, 0.25) is 0 Å². The summed E-state index contributed by atoms with van der Waals surface area (Å²) in [6.07, 6.45) is 2.54.